The van der Waals surface area contributed by atoms with Crippen LogP contribution >= 0.6 is 0 Å². The van der Waals surface area contributed by atoms with Crippen LogP contribution in [-0.2, 0) is 17.3 Å². The minimum absolute atomic E-state index is 0.113. The molecule has 1 amide bonds. The second-order valence-electron chi connectivity index (χ2n) is 5.65. The topological polar surface area (TPSA) is 72.9 Å². The van der Waals surface area contributed by atoms with Crippen LogP contribution in [-0.4, -0.2) is 22.2 Å². The summed E-state index contributed by atoms with van der Waals surface area (Å²) in [5, 5.41) is 7.65. The Hall–Kier alpha value is -1.36. The molecule has 0 radical (unpaired) electrons. The lowest BCUT2D eigenvalue weighted by Gasteiger charge is -2.21. The Labute approximate surface area is 109 Å². The molecule has 0 saturated carbocycles. The molecule has 5 nitrogen and oxygen atoms in total. The van der Waals surface area contributed by atoms with Gasteiger partial charge in [0.15, 0.2) is 0 Å². The minimum Gasteiger partial charge on any atom is -0.368 e. The summed E-state index contributed by atoms with van der Waals surface area (Å²) in [5.41, 5.74) is 7.17. The van der Waals surface area contributed by atoms with Gasteiger partial charge in [0, 0.05) is 24.2 Å². The maximum Gasteiger partial charge on any atom is 0.239 e. The van der Waals surface area contributed by atoms with E-state index in [-0.39, 0.29) is 11.3 Å². The first kappa shape index (κ1) is 14.7. The number of nitrogens with zero attached hydrogens (tertiary/aromatic N) is 2. The second-order valence-corrected chi connectivity index (χ2v) is 5.65. The molecule has 0 aliphatic rings. The molecule has 1 heterocycles. The molecule has 102 valence electrons. The molecule has 0 spiro atoms. The summed E-state index contributed by atoms with van der Waals surface area (Å²) in [6.07, 6.45) is 2.83. The third-order valence-electron chi connectivity index (χ3n) is 2.76. The average molecular weight is 252 g/mol. The Balaban J connectivity index is 3.15. The number of nitrogens with one attached hydrogen (secondary N) is 1. The van der Waals surface area contributed by atoms with Gasteiger partial charge in [0.05, 0.1) is 5.69 Å². The lowest BCUT2D eigenvalue weighted by molar-refractivity contribution is -0.120. The van der Waals surface area contributed by atoms with Gasteiger partial charge >= 0.3 is 0 Å². The predicted molar refractivity (Wildman–Crippen MR) is 72.1 cm³/mol. The Kier molecular flexibility index (Phi) is 4.51. The smallest absolute Gasteiger partial charge is 0.239 e. The lowest BCUT2D eigenvalue weighted by Crippen LogP contribution is -2.35. The van der Waals surface area contributed by atoms with Crippen molar-refractivity contribution in [1.82, 2.24) is 15.1 Å². The van der Waals surface area contributed by atoms with Crippen LogP contribution in [0, 0.1) is 0 Å². The van der Waals surface area contributed by atoms with Crippen LogP contribution < -0.4 is 11.1 Å². The lowest BCUT2D eigenvalue weighted by atomic mass is 9.87. The molecule has 0 bridgehead atoms. The highest BCUT2D eigenvalue weighted by atomic mass is 16.1. The van der Waals surface area contributed by atoms with Crippen LogP contribution in [0.3, 0.4) is 0 Å². The highest BCUT2D eigenvalue weighted by Gasteiger charge is 2.28. The van der Waals surface area contributed by atoms with Crippen molar-refractivity contribution in [2.75, 3.05) is 6.54 Å². The van der Waals surface area contributed by atoms with E-state index in [1.807, 2.05) is 13.2 Å². The van der Waals surface area contributed by atoms with Crippen molar-refractivity contribution in [3.8, 4) is 0 Å². The van der Waals surface area contributed by atoms with E-state index in [1.54, 1.807) is 4.68 Å². The normalized spacial score (nSPS) is 13.6. The van der Waals surface area contributed by atoms with Gasteiger partial charge < -0.3 is 11.1 Å². The molecule has 0 fully saturated rings. The third-order valence-corrected chi connectivity index (χ3v) is 2.76. The molecule has 1 aromatic rings. The highest BCUT2D eigenvalue weighted by Crippen LogP contribution is 2.28. The van der Waals surface area contributed by atoms with E-state index in [2.05, 4.69) is 38.1 Å². The summed E-state index contributed by atoms with van der Waals surface area (Å²) in [6, 6.07) is -0.465. The largest absolute Gasteiger partial charge is 0.368 e. The zero-order chi connectivity index (χ0) is 13.9. The third kappa shape index (κ3) is 3.32. The van der Waals surface area contributed by atoms with Gasteiger partial charge in [0.2, 0.25) is 5.91 Å². The van der Waals surface area contributed by atoms with Gasteiger partial charge in [-0.15, -0.1) is 0 Å². The number of carbonyl (C=O) groups excluding carboxylic acids is 1. The first-order valence-corrected chi connectivity index (χ1v) is 6.34. The highest BCUT2D eigenvalue weighted by molar-refractivity contribution is 5.81. The number of primary amides is 1. The second kappa shape index (κ2) is 5.52. The van der Waals surface area contributed by atoms with Gasteiger partial charge in [0.1, 0.15) is 6.04 Å². The van der Waals surface area contributed by atoms with Crippen molar-refractivity contribution < 1.29 is 4.79 Å². The molecule has 5 heteroatoms. The number of hydrogen-bond donors (Lipinski definition) is 2. The number of nitrogens with two attached hydrogens (primary N) is 1. The van der Waals surface area contributed by atoms with Crippen molar-refractivity contribution >= 4 is 5.91 Å². The van der Waals surface area contributed by atoms with Gasteiger partial charge in [0.25, 0.3) is 0 Å². The van der Waals surface area contributed by atoms with Crippen molar-refractivity contribution in [2.24, 2.45) is 12.8 Å². The van der Waals surface area contributed by atoms with Crippen LogP contribution in [0.1, 0.15) is 51.4 Å². The fourth-order valence-corrected chi connectivity index (χ4v) is 1.95. The fraction of sp³-hybridized carbons (Fsp3) is 0.692. The summed E-state index contributed by atoms with van der Waals surface area (Å²) in [5.74, 6) is -0.359. The van der Waals surface area contributed by atoms with E-state index >= 15 is 0 Å². The first-order chi connectivity index (χ1) is 8.27. The molecule has 3 N–H and O–H groups in total. The molecule has 1 aromatic heterocycles. The number of aromatic nitrogens is 2. The standard InChI is InChI=1S/C13H24N4O/c1-6-7-15-10(12(14)18)9-8-17(5)16-11(9)13(2,3)4/h8,10,15H,6-7H2,1-5H3,(H2,14,18). The van der Waals surface area contributed by atoms with E-state index in [0.717, 1.165) is 24.2 Å². The Bertz CT molecular complexity index is 417. The molecule has 0 aromatic carbocycles. The van der Waals surface area contributed by atoms with Gasteiger partial charge in [-0.05, 0) is 13.0 Å². The number of hydrogen-bond acceptors (Lipinski definition) is 3. The zero-order valence-corrected chi connectivity index (χ0v) is 11.9. The summed E-state index contributed by atoms with van der Waals surface area (Å²) in [4.78, 5) is 11.6. The van der Waals surface area contributed by atoms with Crippen LogP contribution in [0.5, 0.6) is 0 Å². The van der Waals surface area contributed by atoms with Crippen LogP contribution in [0.15, 0.2) is 6.20 Å². The van der Waals surface area contributed by atoms with Crippen molar-refractivity contribution in [3.63, 3.8) is 0 Å². The van der Waals surface area contributed by atoms with E-state index in [9.17, 15) is 4.79 Å². The molecular weight excluding hydrogens is 228 g/mol. The summed E-state index contributed by atoms with van der Waals surface area (Å²) < 4.78 is 1.74. The Morgan fingerprint density at radius 2 is 2.17 bits per heavy atom. The SMILES string of the molecule is CCCNC(C(N)=O)c1cn(C)nc1C(C)(C)C. The van der Waals surface area contributed by atoms with Crippen LogP contribution in [0.4, 0.5) is 0 Å². The summed E-state index contributed by atoms with van der Waals surface area (Å²) >= 11 is 0. The predicted octanol–water partition coefficient (Wildman–Crippen LogP) is 1.24. The maximum atomic E-state index is 11.6. The van der Waals surface area contributed by atoms with Crippen molar-refractivity contribution in [3.05, 3.63) is 17.5 Å². The van der Waals surface area contributed by atoms with Crippen LogP contribution in [0.25, 0.3) is 0 Å². The molecule has 0 aliphatic carbocycles. The van der Waals surface area contributed by atoms with Crippen molar-refractivity contribution in [1.29, 1.82) is 0 Å². The molecular formula is C13H24N4O. The van der Waals surface area contributed by atoms with E-state index < -0.39 is 6.04 Å². The first-order valence-electron chi connectivity index (χ1n) is 6.34. The van der Waals surface area contributed by atoms with Gasteiger partial charge in [-0.25, -0.2) is 0 Å². The van der Waals surface area contributed by atoms with E-state index in [0.29, 0.717) is 0 Å². The number of amides is 1. The summed E-state index contributed by atoms with van der Waals surface area (Å²) in [7, 11) is 1.86. The van der Waals surface area contributed by atoms with Crippen molar-refractivity contribution in [2.45, 2.75) is 45.6 Å². The molecule has 1 atom stereocenters. The van der Waals surface area contributed by atoms with E-state index in [1.165, 1.54) is 0 Å². The van der Waals surface area contributed by atoms with Gasteiger partial charge in [-0.1, -0.05) is 27.7 Å². The molecule has 1 rings (SSSR count). The van der Waals surface area contributed by atoms with Crippen LogP contribution in [0.2, 0.25) is 0 Å². The average Bonchev–Trinajstić information content (AvgIpc) is 2.60. The quantitative estimate of drug-likeness (QED) is 0.828. The minimum atomic E-state index is -0.465. The molecule has 18 heavy (non-hydrogen) atoms. The molecule has 0 saturated heterocycles. The number of aryl methyl sites for hydroxylation is 1. The Morgan fingerprint density at radius 1 is 1.56 bits per heavy atom. The molecule has 1 unspecified atom stereocenters. The Morgan fingerprint density at radius 3 is 2.61 bits per heavy atom. The monoisotopic (exact) mass is 252 g/mol. The van der Waals surface area contributed by atoms with Gasteiger partial charge in [-0.3, -0.25) is 9.48 Å². The van der Waals surface area contributed by atoms with Gasteiger partial charge in [-0.2, -0.15) is 5.10 Å². The maximum absolute atomic E-state index is 11.6. The van der Waals surface area contributed by atoms with E-state index in [4.69, 9.17) is 5.73 Å². The number of carbonyl (C=O) groups is 1. The number of rotatable bonds is 5. The zero-order valence-electron chi connectivity index (χ0n) is 11.9. The summed E-state index contributed by atoms with van der Waals surface area (Å²) in [6.45, 7) is 9.05. The fourth-order valence-electron chi connectivity index (χ4n) is 1.95. The molecule has 0 aliphatic heterocycles.